The Kier molecular flexibility index (Phi) is 6.69. The Hall–Kier alpha value is -1.30. The number of rotatable bonds is 5. The van der Waals surface area contributed by atoms with E-state index < -0.39 is 0 Å². The third-order valence-corrected chi connectivity index (χ3v) is 4.16. The SMILES string of the molecule is CC(C)C[C@@H](NC(=O)N1CCO[C@@H](CO)C1)c1ccc(Cl)cc1. The van der Waals surface area contributed by atoms with Crippen LogP contribution in [0.1, 0.15) is 31.9 Å². The molecule has 1 fully saturated rings. The smallest absolute Gasteiger partial charge is 0.318 e. The van der Waals surface area contributed by atoms with Gasteiger partial charge in [0.25, 0.3) is 0 Å². The number of hydrogen-bond acceptors (Lipinski definition) is 3. The number of carbonyl (C=O) groups is 1. The predicted molar refractivity (Wildman–Crippen MR) is 90.6 cm³/mol. The van der Waals surface area contributed by atoms with Crippen molar-refractivity contribution in [2.24, 2.45) is 5.92 Å². The first-order valence-electron chi connectivity index (χ1n) is 8.03. The third kappa shape index (κ3) is 5.37. The highest BCUT2D eigenvalue weighted by Crippen LogP contribution is 2.23. The van der Waals surface area contributed by atoms with Gasteiger partial charge in [-0.15, -0.1) is 0 Å². The second kappa shape index (κ2) is 8.52. The van der Waals surface area contributed by atoms with E-state index in [4.69, 9.17) is 16.3 Å². The summed E-state index contributed by atoms with van der Waals surface area (Å²) in [5.41, 5.74) is 1.04. The molecule has 1 aliphatic heterocycles. The maximum atomic E-state index is 12.5. The number of urea groups is 1. The van der Waals surface area contributed by atoms with Gasteiger partial charge in [-0.25, -0.2) is 4.79 Å². The van der Waals surface area contributed by atoms with Crippen LogP contribution >= 0.6 is 11.6 Å². The van der Waals surface area contributed by atoms with Crippen molar-refractivity contribution in [1.29, 1.82) is 0 Å². The maximum Gasteiger partial charge on any atom is 0.318 e. The first kappa shape index (κ1) is 18.0. The van der Waals surface area contributed by atoms with Crippen molar-refractivity contribution < 1.29 is 14.6 Å². The number of hydrogen-bond donors (Lipinski definition) is 2. The highest BCUT2D eigenvalue weighted by atomic mass is 35.5. The van der Waals surface area contributed by atoms with Gasteiger partial charge in [0.1, 0.15) is 0 Å². The van der Waals surface area contributed by atoms with Gasteiger partial charge in [-0.3, -0.25) is 0 Å². The van der Waals surface area contributed by atoms with E-state index >= 15 is 0 Å². The number of carbonyl (C=O) groups excluding carboxylic acids is 1. The second-order valence-electron chi connectivity index (χ2n) is 6.30. The Morgan fingerprint density at radius 2 is 2.13 bits per heavy atom. The summed E-state index contributed by atoms with van der Waals surface area (Å²) in [6.07, 6.45) is 0.551. The molecule has 128 valence electrons. The molecule has 0 spiro atoms. The summed E-state index contributed by atoms with van der Waals surface area (Å²) in [5, 5.41) is 13.0. The molecule has 0 aromatic heterocycles. The van der Waals surface area contributed by atoms with Crippen LogP contribution in [-0.2, 0) is 4.74 Å². The molecule has 1 heterocycles. The van der Waals surface area contributed by atoms with Crippen LogP contribution in [-0.4, -0.2) is 48.4 Å². The standard InChI is InChI=1S/C17H25ClN2O3/c1-12(2)9-16(13-3-5-14(18)6-4-13)19-17(22)20-7-8-23-15(10-20)11-21/h3-6,12,15-16,21H,7-11H2,1-2H3,(H,19,22)/t15-,16-/m1/s1. The Morgan fingerprint density at radius 3 is 2.74 bits per heavy atom. The zero-order chi connectivity index (χ0) is 16.8. The molecular formula is C17H25ClN2O3. The molecule has 1 aliphatic rings. The van der Waals surface area contributed by atoms with Crippen LogP contribution in [0.25, 0.3) is 0 Å². The van der Waals surface area contributed by atoms with Gasteiger partial charge < -0.3 is 20.1 Å². The monoisotopic (exact) mass is 340 g/mol. The van der Waals surface area contributed by atoms with Crippen LogP contribution in [0.3, 0.4) is 0 Å². The number of aliphatic hydroxyl groups is 1. The molecule has 23 heavy (non-hydrogen) atoms. The summed E-state index contributed by atoms with van der Waals surface area (Å²) < 4.78 is 5.39. The van der Waals surface area contributed by atoms with Crippen LogP contribution in [0.5, 0.6) is 0 Å². The fourth-order valence-electron chi connectivity index (χ4n) is 2.70. The first-order valence-corrected chi connectivity index (χ1v) is 8.40. The lowest BCUT2D eigenvalue weighted by Gasteiger charge is -2.33. The lowest BCUT2D eigenvalue weighted by atomic mass is 9.97. The number of amides is 2. The number of ether oxygens (including phenoxy) is 1. The molecule has 0 unspecified atom stereocenters. The first-order chi connectivity index (χ1) is 11.0. The third-order valence-electron chi connectivity index (χ3n) is 3.91. The number of aliphatic hydroxyl groups excluding tert-OH is 1. The van der Waals surface area contributed by atoms with E-state index in [1.165, 1.54) is 0 Å². The number of nitrogens with zero attached hydrogens (tertiary/aromatic N) is 1. The van der Waals surface area contributed by atoms with Crippen LogP contribution in [0.4, 0.5) is 4.79 Å². The van der Waals surface area contributed by atoms with E-state index in [0.29, 0.717) is 30.6 Å². The molecule has 1 saturated heterocycles. The molecule has 0 aliphatic carbocycles. The summed E-state index contributed by atoms with van der Waals surface area (Å²) in [6, 6.07) is 7.40. The lowest BCUT2D eigenvalue weighted by molar-refractivity contribution is -0.0405. The molecule has 0 radical (unpaired) electrons. The molecule has 2 amide bonds. The quantitative estimate of drug-likeness (QED) is 0.866. The Morgan fingerprint density at radius 1 is 1.43 bits per heavy atom. The van der Waals surface area contributed by atoms with Crippen molar-refractivity contribution in [2.45, 2.75) is 32.4 Å². The summed E-state index contributed by atoms with van der Waals surface area (Å²) >= 11 is 5.95. The van der Waals surface area contributed by atoms with Gasteiger partial charge in [0.15, 0.2) is 0 Å². The topological polar surface area (TPSA) is 61.8 Å². The molecule has 6 heteroatoms. The molecule has 0 saturated carbocycles. The number of morpholine rings is 1. The van der Waals surface area contributed by atoms with Gasteiger partial charge in [-0.05, 0) is 30.0 Å². The van der Waals surface area contributed by atoms with E-state index in [0.717, 1.165) is 12.0 Å². The average Bonchev–Trinajstić information content (AvgIpc) is 2.54. The molecule has 5 nitrogen and oxygen atoms in total. The Labute approximate surface area is 142 Å². The van der Waals surface area contributed by atoms with Crippen LogP contribution in [0.15, 0.2) is 24.3 Å². The maximum absolute atomic E-state index is 12.5. The molecule has 2 rings (SSSR count). The van der Waals surface area contributed by atoms with E-state index in [9.17, 15) is 9.90 Å². The number of nitrogens with one attached hydrogen (secondary N) is 1. The average molecular weight is 341 g/mol. The highest BCUT2D eigenvalue weighted by Gasteiger charge is 2.26. The van der Waals surface area contributed by atoms with Crippen molar-refractivity contribution in [3.05, 3.63) is 34.9 Å². The van der Waals surface area contributed by atoms with Crippen molar-refractivity contribution in [3.63, 3.8) is 0 Å². The van der Waals surface area contributed by atoms with Gasteiger partial charge in [0.2, 0.25) is 0 Å². The molecule has 1 aromatic rings. The van der Waals surface area contributed by atoms with E-state index in [1.807, 2.05) is 24.3 Å². The van der Waals surface area contributed by atoms with Gasteiger partial charge in [0, 0.05) is 11.6 Å². The van der Waals surface area contributed by atoms with Gasteiger partial charge in [0.05, 0.1) is 31.9 Å². The Bertz CT molecular complexity index is 507. The Balaban J connectivity index is 2.04. The summed E-state index contributed by atoms with van der Waals surface area (Å²) in [5.74, 6) is 0.450. The van der Waals surface area contributed by atoms with Crippen LogP contribution in [0.2, 0.25) is 5.02 Å². The number of benzene rings is 1. The van der Waals surface area contributed by atoms with Crippen LogP contribution in [0, 0.1) is 5.92 Å². The minimum Gasteiger partial charge on any atom is -0.394 e. The van der Waals surface area contributed by atoms with E-state index in [1.54, 1.807) is 4.90 Å². The van der Waals surface area contributed by atoms with Crippen molar-refractivity contribution in [3.8, 4) is 0 Å². The predicted octanol–water partition coefficient (Wildman–Crippen LogP) is 2.83. The van der Waals surface area contributed by atoms with Crippen molar-refractivity contribution in [2.75, 3.05) is 26.3 Å². The largest absolute Gasteiger partial charge is 0.394 e. The molecule has 2 N–H and O–H groups in total. The van der Waals surface area contributed by atoms with Gasteiger partial charge in [-0.1, -0.05) is 37.6 Å². The summed E-state index contributed by atoms with van der Waals surface area (Å²) in [6.45, 7) is 5.59. The van der Waals surface area contributed by atoms with Crippen molar-refractivity contribution in [1.82, 2.24) is 10.2 Å². The highest BCUT2D eigenvalue weighted by molar-refractivity contribution is 6.30. The minimum absolute atomic E-state index is 0.0600. The lowest BCUT2D eigenvalue weighted by Crippen LogP contribution is -2.51. The molecule has 2 atom stereocenters. The normalized spacial score (nSPS) is 19.7. The van der Waals surface area contributed by atoms with Gasteiger partial charge >= 0.3 is 6.03 Å². The summed E-state index contributed by atoms with van der Waals surface area (Å²) in [7, 11) is 0. The molecule has 0 bridgehead atoms. The van der Waals surface area contributed by atoms with E-state index in [-0.39, 0.29) is 24.8 Å². The zero-order valence-corrected chi connectivity index (χ0v) is 14.4. The fourth-order valence-corrected chi connectivity index (χ4v) is 2.83. The number of halogens is 1. The molecule has 1 aromatic carbocycles. The fraction of sp³-hybridized carbons (Fsp3) is 0.588. The van der Waals surface area contributed by atoms with Crippen LogP contribution < -0.4 is 5.32 Å². The minimum atomic E-state index is -0.298. The van der Waals surface area contributed by atoms with E-state index in [2.05, 4.69) is 19.2 Å². The zero-order valence-electron chi connectivity index (χ0n) is 13.7. The summed E-state index contributed by atoms with van der Waals surface area (Å²) in [4.78, 5) is 14.2. The second-order valence-corrected chi connectivity index (χ2v) is 6.74. The van der Waals surface area contributed by atoms with Crippen molar-refractivity contribution >= 4 is 17.6 Å². The van der Waals surface area contributed by atoms with Gasteiger partial charge in [-0.2, -0.15) is 0 Å². The molecular weight excluding hydrogens is 316 g/mol.